The molecule has 200 valence electrons. The van der Waals surface area contributed by atoms with Crippen molar-refractivity contribution in [3.05, 3.63) is 48.3 Å². The van der Waals surface area contributed by atoms with Crippen LogP contribution in [-0.4, -0.2) is 74.1 Å². The minimum absolute atomic E-state index is 0.0418. The number of halogens is 7. The van der Waals surface area contributed by atoms with E-state index >= 15 is 0 Å². The van der Waals surface area contributed by atoms with Crippen molar-refractivity contribution >= 4 is 23.7 Å². The Labute approximate surface area is 203 Å². The Morgan fingerprint density at radius 1 is 1.11 bits per heavy atom. The van der Waals surface area contributed by atoms with Crippen LogP contribution in [0.3, 0.4) is 0 Å². The van der Waals surface area contributed by atoms with Crippen molar-refractivity contribution in [3.63, 3.8) is 0 Å². The Morgan fingerprint density at radius 2 is 1.69 bits per heavy atom. The van der Waals surface area contributed by atoms with Gasteiger partial charge in [0.1, 0.15) is 11.9 Å². The Balaban J connectivity index is 0.000000271. The number of hydrogen-bond donors (Lipinski definition) is 2. The zero-order valence-electron chi connectivity index (χ0n) is 18.1. The smallest absolute Gasteiger partial charge is 0.475 e. The second-order valence-electron chi connectivity index (χ2n) is 7.56. The highest BCUT2D eigenvalue weighted by atomic mass is 32.2. The van der Waals surface area contributed by atoms with Crippen LogP contribution in [-0.2, 0) is 16.1 Å². The lowest BCUT2D eigenvalue weighted by atomic mass is 9.93. The largest absolute Gasteiger partial charge is 0.490 e. The molecule has 0 bridgehead atoms. The fourth-order valence-corrected chi connectivity index (χ4v) is 4.79. The number of likely N-dealkylation sites (tertiary alicyclic amines) is 1. The van der Waals surface area contributed by atoms with Gasteiger partial charge >= 0.3 is 24.3 Å². The second kappa shape index (κ2) is 11.8. The molecule has 0 radical (unpaired) electrons. The van der Waals surface area contributed by atoms with Crippen LogP contribution in [0.2, 0.25) is 0 Å². The van der Waals surface area contributed by atoms with E-state index in [1.54, 1.807) is 18.5 Å². The summed E-state index contributed by atoms with van der Waals surface area (Å²) in [7, 11) is 0. The third kappa shape index (κ3) is 8.89. The van der Waals surface area contributed by atoms with E-state index in [2.05, 4.69) is 9.88 Å². The maximum atomic E-state index is 13.6. The van der Waals surface area contributed by atoms with Gasteiger partial charge in [0, 0.05) is 36.2 Å². The van der Waals surface area contributed by atoms with Crippen molar-refractivity contribution in [3.8, 4) is 5.88 Å². The van der Waals surface area contributed by atoms with Crippen LogP contribution in [0.4, 0.5) is 30.7 Å². The molecule has 1 unspecified atom stereocenters. The minimum atomic E-state index is -5.08. The number of aliphatic carboxylic acids is 2. The average molecular weight is 548 g/mol. The molecule has 4 heterocycles. The molecule has 1 spiro atoms. The van der Waals surface area contributed by atoms with Crippen LogP contribution in [0.25, 0.3) is 0 Å². The molecule has 2 saturated heterocycles. The SMILES string of the molecule is Fc1cccnc1OC1CSC2(C1)CN(Cc1ccco1)C2.O=C(O)C(F)(F)F.O=C(O)C(F)(F)F. The first-order valence-corrected chi connectivity index (χ1v) is 10.9. The summed E-state index contributed by atoms with van der Waals surface area (Å²) in [6, 6.07) is 6.88. The zero-order chi connectivity index (χ0) is 27.1. The zero-order valence-corrected chi connectivity index (χ0v) is 18.9. The molecule has 2 aromatic rings. The van der Waals surface area contributed by atoms with Crippen molar-refractivity contribution < 1.29 is 59.7 Å². The Bertz CT molecular complexity index is 987. The van der Waals surface area contributed by atoms with E-state index in [0.717, 1.165) is 37.6 Å². The highest BCUT2D eigenvalue weighted by molar-refractivity contribution is 8.01. The van der Waals surface area contributed by atoms with Gasteiger partial charge in [0.15, 0.2) is 5.82 Å². The molecule has 0 saturated carbocycles. The van der Waals surface area contributed by atoms with Crippen LogP contribution in [0, 0.1) is 5.82 Å². The van der Waals surface area contributed by atoms with Gasteiger partial charge in [-0.3, -0.25) is 4.90 Å². The van der Waals surface area contributed by atoms with Crippen molar-refractivity contribution in [1.29, 1.82) is 0 Å². The van der Waals surface area contributed by atoms with E-state index in [1.165, 1.54) is 6.07 Å². The standard InChI is InChI=1S/C16H17FN2O2S.2C2HF3O2/c17-14-4-1-5-18-15(14)21-13-7-16(22-9-13)10-19(11-16)8-12-3-2-6-20-12;2*3-2(4,5)1(6)7/h1-6,13H,7-11H2;2*(H,6,7). The summed E-state index contributed by atoms with van der Waals surface area (Å²) >= 11 is 1.93. The van der Waals surface area contributed by atoms with Crippen LogP contribution in [0.5, 0.6) is 5.88 Å². The number of aromatic nitrogens is 1. The maximum absolute atomic E-state index is 13.6. The Morgan fingerprint density at radius 3 is 2.17 bits per heavy atom. The molecule has 0 aromatic carbocycles. The highest BCUT2D eigenvalue weighted by Crippen LogP contribution is 2.46. The summed E-state index contributed by atoms with van der Waals surface area (Å²) in [5.74, 6) is -3.88. The quantitative estimate of drug-likeness (QED) is 0.543. The molecule has 4 rings (SSSR count). The van der Waals surface area contributed by atoms with E-state index in [4.69, 9.17) is 29.0 Å². The van der Waals surface area contributed by atoms with Gasteiger partial charge in [0.2, 0.25) is 0 Å². The summed E-state index contributed by atoms with van der Waals surface area (Å²) in [5, 5.41) is 14.2. The number of thioether (sulfide) groups is 1. The molecule has 2 N–H and O–H groups in total. The van der Waals surface area contributed by atoms with Gasteiger partial charge in [-0.2, -0.15) is 26.3 Å². The summed E-state index contributed by atoms with van der Waals surface area (Å²) in [4.78, 5) is 24.1. The number of carboxylic acids is 2. The number of alkyl halides is 6. The number of hydrogen-bond acceptors (Lipinski definition) is 7. The van der Waals surface area contributed by atoms with E-state index in [9.17, 15) is 30.7 Å². The van der Waals surface area contributed by atoms with E-state index in [-0.39, 0.29) is 22.5 Å². The van der Waals surface area contributed by atoms with Crippen LogP contribution in [0.1, 0.15) is 12.2 Å². The fourth-order valence-electron chi connectivity index (χ4n) is 3.22. The Hall–Kier alpha value is -3.01. The van der Waals surface area contributed by atoms with Gasteiger partial charge in [-0.05, 0) is 24.3 Å². The average Bonchev–Trinajstić information content (AvgIpc) is 3.39. The van der Waals surface area contributed by atoms with E-state index < -0.39 is 24.3 Å². The molecule has 1 atom stereocenters. The molecule has 2 aliphatic rings. The van der Waals surface area contributed by atoms with Crippen LogP contribution < -0.4 is 4.74 Å². The monoisotopic (exact) mass is 548 g/mol. The van der Waals surface area contributed by atoms with Gasteiger partial charge in [-0.25, -0.2) is 19.0 Å². The summed E-state index contributed by atoms with van der Waals surface area (Å²) in [6.07, 6.45) is -5.91. The van der Waals surface area contributed by atoms with Crippen molar-refractivity contribution in [1.82, 2.24) is 9.88 Å². The van der Waals surface area contributed by atoms with Gasteiger partial charge < -0.3 is 19.4 Å². The minimum Gasteiger partial charge on any atom is -0.475 e. The van der Waals surface area contributed by atoms with Gasteiger partial charge in [-0.15, -0.1) is 11.8 Å². The summed E-state index contributed by atoms with van der Waals surface area (Å²) < 4.78 is 88.4. The topological polar surface area (TPSA) is 113 Å². The first-order chi connectivity index (χ1) is 16.6. The number of furan rings is 1. The lowest BCUT2D eigenvalue weighted by Crippen LogP contribution is -2.58. The molecule has 36 heavy (non-hydrogen) atoms. The molecule has 8 nitrogen and oxygen atoms in total. The molecule has 2 fully saturated rings. The van der Waals surface area contributed by atoms with Gasteiger partial charge in [-0.1, -0.05) is 0 Å². The molecule has 2 aromatic heterocycles. The number of carbonyl (C=O) groups is 2. The van der Waals surface area contributed by atoms with Gasteiger partial charge in [0.05, 0.1) is 12.8 Å². The van der Waals surface area contributed by atoms with Crippen LogP contribution >= 0.6 is 11.8 Å². The molecule has 0 aliphatic carbocycles. The van der Waals surface area contributed by atoms with Gasteiger partial charge in [0.25, 0.3) is 5.88 Å². The molecule has 2 aliphatic heterocycles. The van der Waals surface area contributed by atoms with E-state index in [0.29, 0.717) is 0 Å². The second-order valence-corrected chi connectivity index (χ2v) is 9.05. The maximum Gasteiger partial charge on any atom is 0.490 e. The highest BCUT2D eigenvalue weighted by Gasteiger charge is 2.50. The summed E-state index contributed by atoms with van der Waals surface area (Å²) in [6.45, 7) is 2.92. The fraction of sp³-hybridized carbons (Fsp3) is 0.450. The molecule has 16 heteroatoms. The predicted octanol–water partition coefficient (Wildman–Crippen LogP) is 4.22. The number of nitrogens with zero attached hydrogens (tertiary/aromatic N) is 2. The number of ether oxygens (including phenoxy) is 1. The number of carboxylic acid groups (broad SMARTS) is 2. The first-order valence-electron chi connectivity index (χ1n) is 9.87. The van der Waals surface area contributed by atoms with Crippen molar-refractivity contribution in [2.45, 2.75) is 36.2 Å². The predicted molar refractivity (Wildman–Crippen MR) is 110 cm³/mol. The number of rotatable bonds is 4. The number of pyridine rings is 1. The van der Waals surface area contributed by atoms with E-state index in [1.807, 2.05) is 23.9 Å². The lowest BCUT2D eigenvalue weighted by Gasteiger charge is -2.47. The normalized spacial score (nSPS) is 18.8. The Kier molecular flexibility index (Phi) is 9.59. The third-order valence-electron chi connectivity index (χ3n) is 4.65. The van der Waals surface area contributed by atoms with Crippen molar-refractivity contribution in [2.24, 2.45) is 0 Å². The third-order valence-corrected chi connectivity index (χ3v) is 6.22. The molecular weight excluding hydrogens is 529 g/mol. The van der Waals surface area contributed by atoms with Crippen LogP contribution in [0.15, 0.2) is 41.1 Å². The molecular formula is C20H19F7N2O6S. The lowest BCUT2D eigenvalue weighted by molar-refractivity contribution is -0.193. The van der Waals surface area contributed by atoms with Crippen molar-refractivity contribution in [2.75, 3.05) is 18.8 Å². The molecule has 0 amide bonds. The summed E-state index contributed by atoms with van der Waals surface area (Å²) in [5.41, 5.74) is 0. The first kappa shape index (κ1) is 29.2.